The first-order chi connectivity index (χ1) is 8.78. The lowest BCUT2D eigenvalue weighted by Gasteiger charge is -2.04. The van der Waals surface area contributed by atoms with Gasteiger partial charge in [-0.25, -0.2) is 4.98 Å². The SMILES string of the molecule is CCCNCc1cnc(Oc2cnn(C)c2)cn1. The zero-order chi connectivity index (χ0) is 12.8. The summed E-state index contributed by atoms with van der Waals surface area (Å²) >= 11 is 0. The number of hydrogen-bond acceptors (Lipinski definition) is 5. The van der Waals surface area contributed by atoms with Gasteiger partial charge in [0.1, 0.15) is 0 Å². The van der Waals surface area contributed by atoms with E-state index in [0.717, 1.165) is 25.2 Å². The molecule has 2 aromatic heterocycles. The van der Waals surface area contributed by atoms with Crippen LogP contribution in [0.4, 0.5) is 0 Å². The predicted molar refractivity (Wildman–Crippen MR) is 67.3 cm³/mol. The van der Waals surface area contributed by atoms with Crippen LogP contribution in [0.2, 0.25) is 0 Å². The Morgan fingerprint density at radius 1 is 1.28 bits per heavy atom. The van der Waals surface area contributed by atoms with E-state index in [1.807, 2.05) is 7.05 Å². The molecule has 2 rings (SSSR count). The average Bonchev–Trinajstić information content (AvgIpc) is 2.77. The minimum atomic E-state index is 0.474. The van der Waals surface area contributed by atoms with Gasteiger partial charge in [0.05, 0.1) is 30.5 Å². The number of nitrogens with zero attached hydrogens (tertiary/aromatic N) is 4. The molecule has 0 bridgehead atoms. The molecule has 0 atom stereocenters. The quantitative estimate of drug-likeness (QED) is 0.784. The highest BCUT2D eigenvalue weighted by Crippen LogP contribution is 2.16. The summed E-state index contributed by atoms with van der Waals surface area (Å²) in [4.78, 5) is 8.48. The van der Waals surface area contributed by atoms with Crippen molar-refractivity contribution < 1.29 is 4.74 Å². The van der Waals surface area contributed by atoms with Crippen LogP contribution in [-0.2, 0) is 13.6 Å². The molecule has 2 aromatic rings. The van der Waals surface area contributed by atoms with Crippen LogP contribution in [0, 0.1) is 0 Å². The number of rotatable bonds is 6. The van der Waals surface area contributed by atoms with Gasteiger partial charge in [0.2, 0.25) is 5.88 Å². The highest BCUT2D eigenvalue weighted by Gasteiger charge is 2.02. The molecule has 0 aromatic carbocycles. The molecule has 0 aliphatic rings. The van der Waals surface area contributed by atoms with Gasteiger partial charge in [0.15, 0.2) is 5.75 Å². The molecular weight excluding hydrogens is 230 g/mol. The molecule has 0 fully saturated rings. The average molecular weight is 247 g/mol. The van der Waals surface area contributed by atoms with E-state index in [9.17, 15) is 0 Å². The second-order valence-corrected chi connectivity index (χ2v) is 3.97. The van der Waals surface area contributed by atoms with E-state index in [4.69, 9.17) is 4.74 Å². The first kappa shape index (κ1) is 12.5. The zero-order valence-corrected chi connectivity index (χ0v) is 10.6. The number of hydrogen-bond donors (Lipinski definition) is 1. The van der Waals surface area contributed by atoms with Crippen molar-refractivity contribution in [2.75, 3.05) is 6.54 Å². The van der Waals surface area contributed by atoms with Crippen molar-refractivity contribution in [2.24, 2.45) is 7.05 Å². The topological polar surface area (TPSA) is 64.9 Å². The summed E-state index contributed by atoms with van der Waals surface area (Å²) < 4.78 is 7.17. The lowest BCUT2D eigenvalue weighted by Crippen LogP contribution is -2.14. The van der Waals surface area contributed by atoms with E-state index in [1.165, 1.54) is 0 Å². The Labute approximate surface area is 106 Å². The van der Waals surface area contributed by atoms with Crippen LogP contribution in [0.5, 0.6) is 11.6 Å². The summed E-state index contributed by atoms with van der Waals surface area (Å²) in [6, 6.07) is 0. The zero-order valence-electron chi connectivity index (χ0n) is 10.6. The second-order valence-electron chi connectivity index (χ2n) is 3.97. The van der Waals surface area contributed by atoms with Crippen LogP contribution in [0.3, 0.4) is 0 Å². The Bertz CT molecular complexity index is 479. The van der Waals surface area contributed by atoms with E-state index in [0.29, 0.717) is 11.6 Å². The molecule has 18 heavy (non-hydrogen) atoms. The Balaban J connectivity index is 1.91. The molecular formula is C12H17N5O. The maximum absolute atomic E-state index is 5.50. The van der Waals surface area contributed by atoms with Gasteiger partial charge in [-0.3, -0.25) is 9.67 Å². The van der Waals surface area contributed by atoms with Crippen molar-refractivity contribution in [3.05, 3.63) is 30.5 Å². The first-order valence-electron chi connectivity index (χ1n) is 5.96. The highest BCUT2D eigenvalue weighted by molar-refractivity contribution is 5.19. The Kier molecular flexibility index (Phi) is 4.25. The van der Waals surface area contributed by atoms with Crippen molar-refractivity contribution in [3.8, 4) is 11.6 Å². The van der Waals surface area contributed by atoms with Crippen LogP contribution < -0.4 is 10.1 Å². The van der Waals surface area contributed by atoms with Crippen molar-refractivity contribution in [2.45, 2.75) is 19.9 Å². The standard InChI is InChI=1S/C12H17N5O/c1-3-4-13-5-10-6-15-12(8-14-10)18-11-7-16-17(2)9-11/h6-9,13H,3-5H2,1-2H3. The van der Waals surface area contributed by atoms with Gasteiger partial charge in [0, 0.05) is 13.6 Å². The molecule has 1 N–H and O–H groups in total. The summed E-state index contributed by atoms with van der Waals surface area (Å²) in [7, 11) is 1.83. The lowest BCUT2D eigenvalue weighted by molar-refractivity contribution is 0.458. The highest BCUT2D eigenvalue weighted by atomic mass is 16.5. The van der Waals surface area contributed by atoms with Crippen molar-refractivity contribution in [3.63, 3.8) is 0 Å². The molecule has 6 heteroatoms. The van der Waals surface area contributed by atoms with Gasteiger partial charge in [-0.05, 0) is 13.0 Å². The molecule has 2 heterocycles. The van der Waals surface area contributed by atoms with E-state index < -0.39 is 0 Å². The fourth-order valence-corrected chi connectivity index (χ4v) is 1.45. The third-order valence-corrected chi connectivity index (χ3v) is 2.32. The van der Waals surface area contributed by atoms with Crippen molar-refractivity contribution >= 4 is 0 Å². The molecule has 0 saturated carbocycles. The molecule has 0 aliphatic carbocycles. The third kappa shape index (κ3) is 3.53. The van der Waals surface area contributed by atoms with Crippen molar-refractivity contribution in [1.29, 1.82) is 0 Å². The largest absolute Gasteiger partial charge is 0.434 e. The Hall–Kier alpha value is -1.95. The fraction of sp³-hybridized carbons (Fsp3) is 0.417. The molecule has 0 radical (unpaired) electrons. The van der Waals surface area contributed by atoms with Gasteiger partial charge < -0.3 is 10.1 Å². The predicted octanol–water partition coefficient (Wildman–Crippen LogP) is 1.50. The molecule has 96 valence electrons. The Morgan fingerprint density at radius 3 is 2.78 bits per heavy atom. The van der Waals surface area contributed by atoms with Crippen LogP contribution in [0.25, 0.3) is 0 Å². The van der Waals surface area contributed by atoms with Crippen LogP contribution in [-0.4, -0.2) is 26.3 Å². The second kappa shape index (κ2) is 6.11. The van der Waals surface area contributed by atoms with E-state index in [-0.39, 0.29) is 0 Å². The van der Waals surface area contributed by atoms with Crippen LogP contribution >= 0.6 is 0 Å². The smallest absolute Gasteiger partial charge is 0.238 e. The normalized spacial score (nSPS) is 10.6. The Morgan fingerprint density at radius 2 is 2.17 bits per heavy atom. The first-order valence-corrected chi connectivity index (χ1v) is 5.96. The van der Waals surface area contributed by atoms with E-state index in [2.05, 4.69) is 27.3 Å². The van der Waals surface area contributed by atoms with Gasteiger partial charge in [0.25, 0.3) is 0 Å². The molecule has 0 unspecified atom stereocenters. The maximum Gasteiger partial charge on any atom is 0.238 e. The molecule has 6 nitrogen and oxygen atoms in total. The van der Waals surface area contributed by atoms with E-state index in [1.54, 1.807) is 29.5 Å². The number of nitrogens with one attached hydrogen (secondary N) is 1. The number of aryl methyl sites for hydroxylation is 1. The van der Waals surface area contributed by atoms with Gasteiger partial charge >= 0.3 is 0 Å². The minimum absolute atomic E-state index is 0.474. The monoisotopic (exact) mass is 247 g/mol. The summed E-state index contributed by atoms with van der Waals surface area (Å²) in [6.07, 6.45) is 7.86. The molecule has 0 aliphatic heterocycles. The fourth-order valence-electron chi connectivity index (χ4n) is 1.45. The lowest BCUT2D eigenvalue weighted by atomic mass is 10.4. The summed E-state index contributed by atoms with van der Waals surface area (Å²) in [5, 5.41) is 7.28. The number of ether oxygens (including phenoxy) is 1. The van der Waals surface area contributed by atoms with Crippen LogP contribution in [0.15, 0.2) is 24.8 Å². The van der Waals surface area contributed by atoms with Gasteiger partial charge in [-0.15, -0.1) is 0 Å². The maximum atomic E-state index is 5.50. The summed E-state index contributed by atoms with van der Waals surface area (Å²) in [5.74, 6) is 1.13. The number of aromatic nitrogens is 4. The molecule has 0 saturated heterocycles. The van der Waals surface area contributed by atoms with Crippen LogP contribution in [0.1, 0.15) is 19.0 Å². The third-order valence-electron chi connectivity index (χ3n) is 2.32. The van der Waals surface area contributed by atoms with Gasteiger partial charge in [-0.2, -0.15) is 5.10 Å². The summed E-state index contributed by atoms with van der Waals surface area (Å²) in [5.41, 5.74) is 0.905. The summed E-state index contributed by atoms with van der Waals surface area (Å²) in [6.45, 7) is 3.84. The van der Waals surface area contributed by atoms with E-state index >= 15 is 0 Å². The van der Waals surface area contributed by atoms with Gasteiger partial charge in [-0.1, -0.05) is 6.92 Å². The molecule has 0 spiro atoms. The molecule has 0 amide bonds. The van der Waals surface area contributed by atoms with Crippen molar-refractivity contribution in [1.82, 2.24) is 25.1 Å². The minimum Gasteiger partial charge on any atom is -0.434 e.